The second kappa shape index (κ2) is 9.33. The van der Waals surface area contributed by atoms with Crippen LogP contribution in [0.1, 0.15) is 18.4 Å². The molecule has 1 amide bonds. The van der Waals surface area contributed by atoms with Gasteiger partial charge in [0.1, 0.15) is 0 Å². The zero-order chi connectivity index (χ0) is 22.7. The first-order valence-electron chi connectivity index (χ1n) is 10.0. The van der Waals surface area contributed by atoms with Crippen molar-refractivity contribution >= 4 is 34.3 Å². The van der Waals surface area contributed by atoms with Gasteiger partial charge in [-0.2, -0.15) is 13.2 Å². The SMILES string of the molecule is O=C(CSc1nc2ccccc2c(=O)n1C[C@H]1CCCO1)Nc1cccc(C(F)(F)F)c1. The van der Waals surface area contributed by atoms with Gasteiger partial charge < -0.3 is 10.1 Å². The van der Waals surface area contributed by atoms with Crippen molar-refractivity contribution in [3.8, 4) is 0 Å². The van der Waals surface area contributed by atoms with E-state index in [1.165, 1.54) is 16.7 Å². The van der Waals surface area contributed by atoms with Crippen LogP contribution in [0.2, 0.25) is 0 Å². The molecule has 3 aromatic rings. The fourth-order valence-electron chi connectivity index (χ4n) is 3.51. The van der Waals surface area contributed by atoms with Crippen LogP contribution in [0, 0.1) is 0 Å². The molecule has 1 fully saturated rings. The lowest BCUT2D eigenvalue weighted by molar-refractivity contribution is -0.137. The van der Waals surface area contributed by atoms with Crippen LogP contribution < -0.4 is 10.9 Å². The van der Waals surface area contributed by atoms with Crippen LogP contribution in [0.5, 0.6) is 0 Å². The summed E-state index contributed by atoms with van der Waals surface area (Å²) in [6.45, 7) is 0.969. The Labute approximate surface area is 185 Å². The predicted molar refractivity (Wildman–Crippen MR) is 116 cm³/mol. The fourth-order valence-corrected chi connectivity index (χ4v) is 4.32. The number of alkyl halides is 3. The Kier molecular flexibility index (Phi) is 6.52. The van der Waals surface area contributed by atoms with Crippen LogP contribution in [0.15, 0.2) is 58.5 Å². The largest absolute Gasteiger partial charge is 0.416 e. The highest BCUT2D eigenvalue weighted by atomic mass is 32.2. The summed E-state index contributed by atoms with van der Waals surface area (Å²) < 4.78 is 45.8. The molecule has 32 heavy (non-hydrogen) atoms. The number of ether oxygens (including phenoxy) is 1. The van der Waals surface area contributed by atoms with Crippen LogP contribution in [-0.4, -0.2) is 33.9 Å². The van der Waals surface area contributed by atoms with Crippen LogP contribution in [0.25, 0.3) is 10.9 Å². The van der Waals surface area contributed by atoms with Gasteiger partial charge in [-0.15, -0.1) is 0 Å². The Morgan fingerprint density at radius 3 is 2.78 bits per heavy atom. The summed E-state index contributed by atoms with van der Waals surface area (Å²) in [5, 5.41) is 3.31. The number of aromatic nitrogens is 2. The number of hydrogen-bond acceptors (Lipinski definition) is 5. The van der Waals surface area contributed by atoms with Gasteiger partial charge in [0.05, 0.1) is 34.9 Å². The summed E-state index contributed by atoms with van der Waals surface area (Å²) in [7, 11) is 0. The molecule has 1 aliphatic rings. The summed E-state index contributed by atoms with van der Waals surface area (Å²) in [5.74, 6) is -0.618. The van der Waals surface area contributed by atoms with E-state index in [9.17, 15) is 22.8 Å². The van der Waals surface area contributed by atoms with Gasteiger partial charge in [-0.3, -0.25) is 14.2 Å². The molecule has 0 aliphatic carbocycles. The molecule has 6 nitrogen and oxygen atoms in total. The van der Waals surface area contributed by atoms with Gasteiger partial charge in [-0.25, -0.2) is 4.98 Å². The molecule has 1 N–H and O–H groups in total. The van der Waals surface area contributed by atoms with E-state index in [1.807, 2.05) is 0 Å². The molecule has 1 saturated heterocycles. The molecule has 168 valence electrons. The molecule has 0 unspecified atom stereocenters. The van der Waals surface area contributed by atoms with Crippen LogP contribution in [0.4, 0.5) is 18.9 Å². The third kappa shape index (κ3) is 5.13. The third-order valence-electron chi connectivity index (χ3n) is 5.04. The number of rotatable bonds is 6. The molecule has 1 atom stereocenters. The number of hydrogen-bond donors (Lipinski definition) is 1. The van der Waals surface area contributed by atoms with Gasteiger partial charge in [0.2, 0.25) is 5.91 Å². The van der Waals surface area contributed by atoms with E-state index < -0.39 is 17.6 Å². The normalized spacial score (nSPS) is 16.4. The molecule has 2 heterocycles. The van der Waals surface area contributed by atoms with E-state index in [1.54, 1.807) is 24.3 Å². The number of carbonyl (C=O) groups is 1. The molecule has 4 rings (SSSR count). The van der Waals surface area contributed by atoms with Gasteiger partial charge in [0.25, 0.3) is 5.56 Å². The number of carbonyl (C=O) groups excluding carboxylic acids is 1. The van der Waals surface area contributed by atoms with Crippen molar-refractivity contribution in [2.45, 2.75) is 36.8 Å². The number of para-hydroxylation sites is 1. The molecule has 0 spiro atoms. The van der Waals surface area contributed by atoms with E-state index in [-0.39, 0.29) is 23.1 Å². The molecular weight excluding hydrogens is 443 g/mol. The van der Waals surface area contributed by atoms with Crippen molar-refractivity contribution in [3.63, 3.8) is 0 Å². The molecular formula is C22H20F3N3O3S. The Morgan fingerprint density at radius 1 is 1.22 bits per heavy atom. The minimum Gasteiger partial charge on any atom is -0.376 e. The summed E-state index contributed by atoms with van der Waals surface area (Å²) in [6.07, 6.45) is -2.85. The van der Waals surface area contributed by atoms with Gasteiger partial charge >= 0.3 is 6.18 Å². The highest BCUT2D eigenvalue weighted by Crippen LogP contribution is 2.30. The number of halogens is 3. The zero-order valence-electron chi connectivity index (χ0n) is 16.9. The number of thioether (sulfide) groups is 1. The first-order valence-corrected chi connectivity index (χ1v) is 11.0. The Balaban J connectivity index is 1.53. The Hall–Kier alpha value is -2.85. The van der Waals surface area contributed by atoms with Crippen molar-refractivity contribution in [2.75, 3.05) is 17.7 Å². The van der Waals surface area contributed by atoms with Gasteiger partial charge in [0, 0.05) is 12.3 Å². The zero-order valence-corrected chi connectivity index (χ0v) is 17.7. The van der Waals surface area contributed by atoms with Crippen LogP contribution >= 0.6 is 11.8 Å². The van der Waals surface area contributed by atoms with E-state index in [4.69, 9.17) is 4.74 Å². The summed E-state index contributed by atoms with van der Waals surface area (Å²) in [6, 6.07) is 11.4. The average Bonchev–Trinajstić information content (AvgIpc) is 3.27. The van der Waals surface area contributed by atoms with Crippen molar-refractivity contribution in [3.05, 3.63) is 64.4 Å². The maximum Gasteiger partial charge on any atom is 0.416 e. The molecule has 1 aliphatic heterocycles. The van der Waals surface area contributed by atoms with Gasteiger partial charge in [0.15, 0.2) is 5.16 Å². The lowest BCUT2D eigenvalue weighted by Gasteiger charge is -2.16. The monoisotopic (exact) mass is 463 g/mol. The number of nitrogens with one attached hydrogen (secondary N) is 1. The Morgan fingerprint density at radius 2 is 2.03 bits per heavy atom. The first-order chi connectivity index (χ1) is 15.3. The van der Waals surface area contributed by atoms with Crippen molar-refractivity contribution in [2.24, 2.45) is 0 Å². The van der Waals surface area contributed by atoms with Crippen molar-refractivity contribution in [1.82, 2.24) is 9.55 Å². The lowest BCUT2D eigenvalue weighted by atomic mass is 10.2. The first kappa shape index (κ1) is 22.3. The minimum atomic E-state index is -4.50. The maximum absolute atomic E-state index is 13.1. The van der Waals surface area contributed by atoms with Crippen molar-refractivity contribution < 1.29 is 22.7 Å². The maximum atomic E-state index is 13.1. The quantitative estimate of drug-likeness (QED) is 0.435. The molecule has 10 heteroatoms. The van der Waals surface area contributed by atoms with Crippen LogP contribution in [0.3, 0.4) is 0 Å². The van der Waals surface area contributed by atoms with E-state index in [2.05, 4.69) is 10.3 Å². The van der Waals surface area contributed by atoms with E-state index in [0.29, 0.717) is 29.2 Å². The standard InChI is InChI=1S/C22H20F3N3O3S/c23-22(24,25)14-5-3-6-15(11-14)26-19(29)13-32-21-27-18-9-2-1-8-17(18)20(30)28(21)12-16-7-4-10-31-16/h1-3,5-6,8-9,11,16H,4,7,10,12-13H2,(H,26,29)/t16-/m1/s1. The summed E-state index contributed by atoms with van der Waals surface area (Å²) in [4.78, 5) is 30.0. The topological polar surface area (TPSA) is 73.2 Å². The van der Waals surface area contributed by atoms with Gasteiger partial charge in [-0.1, -0.05) is 30.0 Å². The molecule has 0 radical (unpaired) electrons. The van der Waals surface area contributed by atoms with Crippen molar-refractivity contribution in [1.29, 1.82) is 0 Å². The number of benzene rings is 2. The highest BCUT2D eigenvalue weighted by Gasteiger charge is 2.30. The number of nitrogens with zero attached hydrogens (tertiary/aromatic N) is 2. The number of fused-ring (bicyclic) bond motifs is 1. The molecule has 2 aromatic carbocycles. The molecule has 0 bridgehead atoms. The van der Waals surface area contributed by atoms with E-state index in [0.717, 1.165) is 36.7 Å². The van der Waals surface area contributed by atoms with Crippen LogP contribution in [-0.2, 0) is 22.3 Å². The van der Waals surface area contributed by atoms with Gasteiger partial charge in [-0.05, 0) is 43.2 Å². The smallest absolute Gasteiger partial charge is 0.376 e. The summed E-state index contributed by atoms with van der Waals surface area (Å²) in [5.41, 5.74) is -0.494. The predicted octanol–water partition coefficient (Wildman–Crippen LogP) is 4.33. The highest BCUT2D eigenvalue weighted by molar-refractivity contribution is 7.99. The fraction of sp³-hybridized carbons (Fsp3) is 0.318. The van der Waals surface area contributed by atoms with E-state index >= 15 is 0 Å². The number of amides is 1. The minimum absolute atomic E-state index is 0.0497. The summed E-state index contributed by atoms with van der Waals surface area (Å²) >= 11 is 1.06. The lowest BCUT2D eigenvalue weighted by Crippen LogP contribution is -2.29. The second-order valence-corrected chi connectivity index (χ2v) is 8.32. The molecule has 1 aromatic heterocycles. The average molecular weight is 463 g/mol. The Bertz CT molecular complexity index is 1190. The number of anilines is 1. The second-order valence-electron chi connectivity index (χ2n) is 7.38. The third-order valence-corrected chi connectivity index (χ3v) is 6.02. The molecule has 0 saturated carbocycles.